The van der Waals surface area contributed by atoms with E-state index in [2.05, 4.69) is 53.7 Å². The second-order valence-corrected chi connectivity index (χ2v) is 18.6. The van der Waals surface area contributed by atoms with Crippen LogP contribution in [-0.2, 0) is 26.8 Å². The zero-order chi connectivity index (χ0) is 36.7. The molecule has 292 valence electrons. The van der Waals surface area contributed by atoms with Gasteiger partial charge < -0.3 is 9.05 Å². The van der Waals surface area contributed by atoms with Crippen LogP contribution in [0.15, 0.2) is 36.7 Å². The number of allylic oxidation sites excluding steroid dienone is 2. The highest BCUT2D eigenvalue weighted by molar-refractivity contribution is 7.53. The number of nitrogens with zero attached hydrogens (tertiary/aromatic N) is 1. The van der Waals surface area contributed by atoms with Crippen LogP contribution in [0.5, 0.6) is 0 Å². The summed E-state index contributed by atoms with van der Waals surface area (Å²) in [6, 6.07) is 4.06. The van der Waals surface area contributed by atoms with E-state index in [1.165, 1.54) is 135 Å². The van der Waals surface area contributed by atoms with Crippen LogP contribution in [0.25, 0.3) is 0 Å². The van der Waals surface area contributed by atoms with Gasteiger partial charge in [-0.1, -0.05) is 169 Å². The summed E-state index contributed by atoms with van der Waals surface area (Å²) in [5, 5.41) is 0. The minimum Gasteiger partial charge on any atom is -0.308 e. The first kappa shape index (κ1) is 47.1. The van der Waals surface area contributed by atoms with E-state index in [-0.39, 0.29) is 0 Å². The van der Waals surface area contributed by atoms with Crippen molar-refractivity contribution < 1.29 is 18.2 Å². The SMILES string of the molecule is CCCCCCCC/C=C\CCCCCCCCOP(=O)(Cc1cc[n+](C)cc1)OCCC(C)CCCC(C)CCCC(C)CCCC(C)C. The van der Waals surface area contributed by atoms with Crippen molar-refractivity contribution >= 4 is 7.60 Å². The zero-order valence-corrected chi connectivity index (χ0v) is 35.4. The monoisotopic (exact) mass is 719 g/mol. The molecule has 1 heterocycles. The molecule has 0 aliphatic heterocycles. The molecule has 0 aliphatic rings. The summed E-state index contributed by atoms with van der Waals surface area (Å²) < 4.78 is 28.1. The summed E-state index contributed by atoms with van der Waals surface area (Å²) in [6.07, 6.45) is 40.1. The van der Waals surface area contributed by atoms with E-state index < -0.39 is 7.60 Å². The van der Waals surface area contributed by atoms with Crippen molar-refractivity contribution in [2.45, 2.75) is 202 Å². The molecule has 4 unspecified atom stereocenters. The smallest absolute Gasteiger partial charge is 0.308 e. The van der Waals surface area contributed by atoms with Gasteiger partial charge in [-0.25, -0.2) is 4.57 Å². The molecule has 0 bridgehead atoms. The highest BCUT2D eigenvalue weighted by atomic mass is 31.2. The standard InChI is InChI=1S/C45H85NO3P/c1-8-9-10-11-12-13-14-15-16-17-18-19-20-21-22-23-38-48-50(47,40-45-33-36-46(7)37-34-45)49-39-35-44(6)32-26-31-43(5)30-25-29-42(4)28-24-27-41(2)3/h15-16,33-34,36-37,41-44H,8-14,17-32,35,38-40H2,1-7H3/q+1/b16-15-. The lowest BCUT2D eigenvalue weighted by Crippen LogP contribution is -2.25. The van der Waals surface area contributed by atoms with Crippen molar-refractivity contribution in [2.75, 3.05) is 13.2 Å². The summed E-state index contributed by atoms with van der Waals surface area (Å²) in [4.78, 5) is 0. The van der Waals surface area contributed by atoms with Gasteiger partial charge in [-0.05, 0) is 67.8 Å². The van der Waals surface area contributed by atoms with E-state index in [4.69, 9.17) is 9.05 Å². The third-order valence-electron chi connectivity index (χ3n) is 10.5. The molecule has 4 atom stereocenters. The number of aryl methyl sites for hydroxylation is 1. The van der Waals surface area contributed by atoms with E-state index >= 15 is 0 Å². The Morgan fingerprint density at radius 1 is 0.580 bits per heavy atom. The van der Waals surface area contributed by atoms with E-state index in [0.29, 0.717) is 25.3 Å². The van der Waals surface area contributed by atoms with Crippen molar-refractivity contribution in [3.05, 3.63) is 42.2 Å². The fraction of sp³-hybridized carbons (Fsp3) is 0.844. The minimum absolute atomic E-state index is 0.350. The first-order valence-electron chi connectivity index (χ1n) is 21.6. The Balaban J connectivity index is 2.25. The van der Waals surface area contributed by atoms with Crippen molar-refractivity contribution in [1.82, 2.24) is 0 Å². The maximum absolute atomic E-state index is 13.9. The molecule has 0 spiro atoms. The van der Waals surface area contributed by atoms with Gasteiger partial charge in [-0.2, -0.15) is 0 Å². The van der Waals surface area contributed by atoms with Gasteiger partial charge in [0, 0.05) is 12.1 Å². The van der Waals surface area contributed by atoms with Gasteiger partial charge in [-0.15, -0.1) is 0 Å². The van der Waals surface area contributed by atoms with E-state index in [1.807, 2.05) is 36.1 Å². The Labute approximate surface area is 312 Å². The molecule has 1 rings (SSSR count). The number of unbranched alkanes of at least 4 members (excludes halogenated alkanes) is 12. The third-order valence-corrected chi connectivity index (χ3v) is 12.4. The van der Waals surface area contributed by atoms with Crippen LogP contribution < -0.4 is 4.57 Å². The van der Waals surface area contributed by atoms with Gasteiger partial charge in [0.05, 0.1) is 19.4 Å². The third kappa shape index (κ3) is 28.6. The van der Waals surface area contributed by atoms with Crippen LogP contribution in [0.1, 0.15) is 201 Å². The average molecular weight is 719 g/mol. The first-order valence-corrected chi connectivity index (χ1v) is 23.3. The molecule has 0 saturated heterocycles. The van der Waals surface area contributed by atoms with Gasteiger partial charge in [0.2, 0.25) is 0 Å². The molecule has 0 amide bonds. The number of hydrogen-bond acceptors (Lipinski definition) is 3. The quantitative estimate of drug-likeness (QED) is 0.0304. The van der Waals surface area contributed by atoms with Gasteiger partial charge >= 0.3 is 7.60 Å². The van der Waals surface area contributed by atoms with Crippen LogP contribution in [-0.4, -0.2) is 13.2 Å². The highest BCUT2D eigenvalue weighted by Gasteiger charge is 2.26. The van der Waals surface area contributed by atoms with Crippen LogP contribution in [0.4, 0.5) is 0 Å². The molecular weight excluding hydrogens is 633 g/mol. The van der Waals surface area contributed by atoms with Crippen molar-refractivity contribution in [3.8, 4) is 0 Å². The van der Waals surface area contributed by atoms with Crippen molar-refractivity contribution in [2.24, 2.45) is 30.7 Å². The van der Waals surface area contributed by atoms with Gasteiger partial charge in [0.25, 0.3) is 0 Å². The van der Waals surface area contributed by atoms with Crippen molar-refractivity contribution in [3.63, 3.8) is 0 Å². The predicted molar refractivity (Wildman–Crippen MR) is 219 cm³/mol. The van der Waals surface area contributed by atoms with Gasteiger partial charge in [0.15, 0.2) is 12.4 Å². The van der Waals surface area contributed by atoms with Crippen LogP contribution in [0.2, 0.25) is 0 Å². The first-order chi connectivity index (χ1) is 24.1. The number of pyridine rings is 1. The normalized spacial score (nSPS) is 15.1. The van der Waals surface area contributed by atoms with Crippen LogP contribution in [0.3, 0.4) is 0 Å². The molecule has 5 heteroatoms. The van der Waals surface area contributed by atoms with Crippen LogP contribution >= 0.6 is 7.60 Å². The Bertz CT molecular complexity index is 962. The lowest BCUT2D eigenvalue weighted by atomic mass is 9.91. The summed E-state index contributed by atoms with van der Waals surface area (Å²) in [5.41, 5.74) is 1.01. The zero-order valence-electron chi connectivity index (χ0n) is 34.5. The summed E-state index contributed by atoms with van der Waals surface area (Å²) in [5.74, 6) is 3.09. The Hall–Kier alpha value is -0.960. The second kappa shape index (κ2) is 31.6. The van der Waals surface area contributed by atoms with Gasteiger partial charge in [-0.3, -0.25) is 4.57 Å². The highest BCUT2D eigenvalue weighted by Crippen LogP contribution is 2.51. The molecule has 0 N–H and O–H groups in total. The molecule has 1 aromatic rings. The van der Waals surface area contributed by atoms with Gasteiger partial charge in [0.1, 0.15) is 7.05 Å². The molecule has 0 fully saturated rings. The Morgan fingerprint density at radius 3 is 1.54 bits per heavy atom. The number of hydrogen-bond donors (Lipinski definition) is 0. The maximum Gasteiger partial charge on any atom is 0.335 e. The lowest BCUT2D eigenvalue weighted by Gasteiger charge is -2.20. The molecule has 0 radical (unpaired) electrons. The fourth-order valence-corrected chi connectivity index (χ4v) is 8.58. The summed E-state index contributed by atoms with van der Waals surface area (Å²) >= 11 is 0. The molecule has 0 aromatic carbocycles. The topological polar surface area (TPSA) is 39.4 Å². The molecule has 4 nitrogen and oxygen atoms in total. The largest absolute Gasteiger partial charge is 0.335 e. The molecular formula is C45H85NO3P+. The Morgan fingerprint density at radius 2 is 1.02 bits per heavy atom. The second-order valence-electron chi connectivity index (χ2n) is 16.5. The summed E-state index contributed by atoms with van der Waals surface area (Å²) in [6.45, 7) is 15.2. The summed E-state index contributed by atoms with van der Waals surface area (Å²) in [7, 11) is -1.19. The molecule has 0 saturated carbocycles. The molecule has 50 heavy (non-hydrogen) atoms. The number of rotatable bonds is 35. The van der Waals surface area contributed by atoms with Crippen molar-refractivity contribution in [1.29, 1.82) is 0 Å². The average Bonchev–Trinajstić information content (AvgIpc) is 3.07. The van der Waals surface area contributed by atoms with E-state index in [9.17, 15) is 4.57 Å². The van der Waals surface area contributed by atoms with E-state index in [1.54, 1.807) is 0 Å². The molecule has 0 aliphatic carbocycles. The maximum atomic E-state index is 13.9. The minimum atomic E-state index is -3.19. The Kier molecular flexibility index (Phi) is 29.7. The number of aromatic nitrogens is 1. The predicted octanol–water partition coefficient (Wildman–Crippen LogP) is 14.7. The van der Waals surface area contributed by atoms with E-state index in [0.717, 1.165) is 42.6 Å². The fourth-order valence-electron chi connectivity index (χ4n) is 6.87. The molecule has 1 aromatic heterocycles. The lowest BCUT2D eigenvalue weighted by molar-refractivity contribution is -0.671. The van der Waals surface area contributed by atoms with Crippen LogP contribution in [0, 0.1) is 23.7 Å².